The highest BCUT2D eigenvalue weighted by Crippen LogP contribution is 2.46. The zero-order valence-electron chi connectivity index (χ0n) is 29.3. The van der Waals surface area contributed by atoms with Crippen LogP contribution < -0.4 is 0 Å². The van der Waals surface area contributed by atoms with Crippen molar-refractivity contribution in [2.24, 2.45) is 0 Å². The maximum atomic E-state index is 13.7. The SMILES string of the molecule is CC=CC(=O)N(CCCP(=O)(O)N(CCC(=O)N(CCC(C)=O)CCC(C)=O)CCC(=O)N(CCC(C)=O)CCC(C)=O)C(=O)C=CC. The first-order chi connectivity index (χ1) is 22.4. The number of amides is 4. The first kappa shape index (κ1) is 44.4. The number of ketones is 4. The number of carbonyl (C=O) groups excluding carboxylic acids is 8. The van der Waals surface area contributed by atoms with Gasteiger partial charge in [0.05, 0.1) is 0 Å². The summed E-state index contributed by atoms with van der Waals surface area (Å²) in [7, 11) is -4.26. The quantitative estimate of drug-likeness (QED) is 0.109. The van der Waals surface area contributed by atoms with E-state index >= 15 is 0 Å². The molecule has 0 aromatic rings. The highest BCUT2D eigenvalue weighted by atomic mass is 31.2. The van der Waals surface area contributed by atoms with Gasteiger partial charge in [-0.05, 0) is 60.1 Å². The second-order valence-electron chi connectivity index (χ2n) is 11.6. The van der Waals surface area contributed by atoms with Crippen LogP contribution in [0.1, 0.15) is 86.5 Å². The summed E-state index contributed by atoms with van der Waals surface area (Å²) in [5.41, 5.74) is 0. The fourth-order valence-electron chi connectivity index (χ4n) is 4.45. The standard InChI is InChI=1S/C33H53N4O10P/c1-7-10-32(44)37(33(45)11-8-2)18-9-25-48(46,47)36(23-16-30(42)34(19-12-26(3)38)20-13-27(4)39)24-17-31(43)35(21-14-28(5)40)22-15-29(6)41/h7-8,10-11H,9,12-25H2,1-6H3,(H,46,47). The van der Waals surface area contributed by atoms with Gasteiger partial charge in [0.2, 0.25) is 11.8 Å². The Labute approximate surface area is 284 Å². The molecule has 0 aliphatic rings. The van der Waals surface area contributed by atoms with Crippen LogP contribution in [0.5, 0.6) is 0 Å². The monoisotopic (exact) mass is 696 g/mol. The van der Waals surface area contributed by atoms with Crippen LogP contribution >= 0.6 is 7.52 Å². The molecule has 0 spiro atoms. The Balaban J connectivity index is 6.08. The molecular weight excluding hydrogens is 643 g/mol. The molecule has 0 bridgehead atoms. The van der Waals surface area contributed by atoms with E-state index in [2.05, 4.69) is 0 Å². The number of nitrogens with zero attached hydrogens (tertiary/aromatic N) is 4. The van der Waals surface area contributed by atoms with Crippen molar-refractivity contribution in [3.63, 3.8) is 0 Å². The molecule has 1 unspecified atom stereocenters. The Morgan fingerprint density at radius 1 is 0.542 bits per heavy atom. The topological polar surface area (TPSA) is 187 Å². The Kier molecular flexibility index (Phi) is 21.9. The Hall–Kier alpha value is -3.61. The van der Waals surface area contributed by atoms with Crippen molar-refractivity contribution < 1.29 is 47.8 Å². The van der Waals surface area contributed by atoms with E-state index < -0.39 is 31.1 Å². The highest BCUT2D eigenvalue weighted by Gasteiger charge is 2.31. The van der Waals surface area contributed by atoms with Gasteiger partial charge in [-0.3, -0.25) is 47.8 Å². The molecule has 4 amide bonds. The van der Waals surface area contributed by atoms with E-state index in [1.165, 1.54) is 61.8 Å². The average Bonchev–Trinajstić information content (AvgIpc) is 2.98. The summed E-state index contributed by atoms with van der Waals surface area (Å²) < 4.78 is 14.9. The van der Waals surface area contributed by atoms with Crippen LogP contribution in [0.4, 0.5) is 0 Å². The molecule has 0 saturated carbocycles. The van der Waals surface area contributed by atoms with Crippen molar-refractivity contribution in [2.45, 2.75) is 86.5 Å². The van der Waals surface area contributed by atoms with Crippen LogP contribution in [0.15, 0.2) is 24.3 Å². The smallest absolute Gasteiger partial charge is 0.269 e. The van der Waals surface area contributed by atoms with Crippen molar-refractivity contribution in [1.82, 2.24) is 19.4 Å². The van der Waals surface area contributed by atoms with Gasteiger partial charge in [0.1, 0.15) is 23.1 Å². The van der Waals surface area contributed by atoms with E-state index in [9.17, 15) is 47.8 Å². The van der Waals surface area contributed by atoms with Crippen molar-refractivity contribution in [3.05, 3.63) is 24.3 Å². The minimum Gasteiger partial charge on any atom is -0.342 e. The van der Waals surface area contributed by atoms with Gasteiger partial charge in [0.15, 0.2) is 0 Å². The summed E-state index contributed by atoms with van der Waals surface area (Å²) in [6.07, 6.45) is 4.73. The number of rotatable bonds is 25. The molecule has 0 fully saturated rings. The minimum atomic E-state index is -4.26. The number of allylic oxidation sites excluding steroid dienone is 2. The minimum absolute atomic E-state index is 0.0501. The lowest BCUT2D eigenvalue weighted by molar-refractivity contribution is -0.139. The lowest BCUT2D eigenvalue weighted by Crippen LogP contribution is -2.39. The van der Waals surface area contributed by atoms with Gasteiger partial charge in [-0.25, -0.2) is 4.67 Å². The summed E-state index contributed by atoms with van der Waals surface area (Å²) in [5.74, 6) is -2.66. The summed E-state index contributed by atoms with van der Waals surface area (Å²) >= 11 is 0. The molecule has 1 N–H and O–H groups in total. The van der Waals surface area contributed by atoms with E-state index in [1.807, 2.05) is 0 Å². The maximum absolute atomic E-state index is 13.7. The second kappa shape index (κ2) is 23.7. The van der Waals surface area contributed by atoms with Crippen LogP contribution in [-0.4, -0.2) is 123 Å². The van der Waals surface area contributed by atoms with Crippen molar-refractivity contribution in [2.75, 3.05) is 52.0 Å². The number of Topliss-reactive ketones (excluding diaryl/α,β-unsaturated/α-hetero) is 4. The largest absolute Gasteiger partial charge is 0.342 e. The third kappa shape index (κ3) is 19.3. The van der Waals surface area contributed by atoms with Gasteiger partial charge in [-0.15, -0.1) is 0 Å². The second-order valence-corrected chi connectivity index (χ2v) is 13.9. The lowest BCUT2D eigenvalue weighted by atomic mass is 10.2. The third-order valence-electron chi connectivity index (χ3n) is 7.23. The van der Waals surface area contributed by atoms with Gasteiger partial charge in [-0.1, -0.05) is 12.2 Å². The highest BCUT2D eigenvalue weighted by molar-refractivity contribution is 7.55. The Morgan fingerprint density at radius 2 is 0.875 bits per heavy atom. The summed E-state index contributed by atoms with van der Waals surface area (Å²) in [6.45, 7) is 8.41. The van der Waals surface area contributed by atoms with Crippen LogP contribution in [0.25, 0.3) is 0 Å². The van der Waals surface area contributed by atoms with Gasteiger partial charge in [-0.2, -0.15) is 0 Å². The fraction of sp³-hybridized carbons (Fsp3) is 0.636. The van der Waals surface area contributed by atoms with E-state index in [1.54, 1.807) is 13.8 Å². The molecule has 270 valence electrons. The molecule has 0 heterocycles. The number of imide groups is 1. The fourth-order valence-corrected chi connectivity index (χ4v) is 6.11. The molecule has 48 heavy (non-hydrogen) atoms. The molecule has 1 atom stereocenters. The molecule has 0 aliphatic carbocycles. The summed E-state index contributed by atoms with van der Waals surface area (Å²) in [5, 5.41) is 0. The zero-order valence-corrected chi connectivity index (χ0v) is 30.2. The van der Waals surface area contributed by atoms with Crippen molar-refractivity contribution >= 4 is 54.3 Å². The maximum Gasteiger partial charge on any atom is 0.269 e. The van der Waals surface area contributed by atoms with Crippen LogP contribution in [-0.2, 0) is 42.9 Å². The number of hydrogen-bond acceptors (Lipinski definition) is 9. The molecule has 14 nitrogen and oxygen atoms in total. The zero-order chi connectivity index (χ0) is 36.9. The van der Waals surface area contributed by atoms with Crippen molar-refractivity contribution in [1.29, 1.82) is 0 Å². The van der Waals surface area contributed by atoms with E-state index in [4.69, 9.17) is 0 Å². The summed E-state index contributed by atoms with van der Waals surface area (Å²) in [4.78, 5) is 113. The van der Waals surface area contributed by atoms with Gasteiger partial charge in [0, 0.05) is 90.5 Å². The number of hydrogen-bond donors (Lipinski definition) is 1. The van der Waals surface area contributed by atoms with Crippen LogP contribution in [0, 0.1) is 0 Å². The normalized spacial score (nSPS) is 12.6. The van der Waals surface area contributed by atoms with E-state index in [0.29, 0.717) is 0 Å². The predicted octanol–water partition coefficient (Wildman–Crippen LogP) is 2.73. The van der Waals surface area contributed by atoms with Crippen molar-refractivity contribution in [3.8, 4) is 0 Å². The lowest BCUT2D eigenvalue weighted by Gasteiger charge is -2.30. The van der Waals surface area contributed by atoms with Gasteiger partial charge in [0.25, 0.3) is 19.3 Å². The van der Waals surface area contributed by atoms with Crippen LogP contribution in [0.2, 0.25) is 0 Å². The molecule has 0 rings (SSSR count). The van der Waals surface area contributed by atoms with E-state index in [-0.39, 0.29) is 120 Å². The molecular formula is C33H53N4O10P. The predicted molar refractivity (Wildman–Crippen MR) is 181 cm³/mol. The number of carbonyl (C=O) groups is 8. The average molecular weight is 697 g/mol. The Morgan fingerprint density at radius 3 is 1.17 bits per heavy atom. The van der Waals surface area contributed by atoms with Crippen LogP contribution in [0.3, 0.4) is 0 Å². The van der Waals surface area contributed by atoms with Gasteiger partial charge < -0.3 is 14.7 Å². The molecule has 0 aromatic carbocycles. The summed E-state index contributed by atoms with van der Waals surface area (Å²) in [6, 6.07) is 0. The molecule has 0 saturated heterocycles. The molecule has 0 radical (unpaired) electrons. The molecule has 15 heteroatoms. The first-order valence-electron chi connectivity index (χ1n) is 16.2. The van der Waals surface area contributed by atoms with Gasteiger partial charge >= 0.3 is 0 Å². The third-order valence-corrected chi connectivity index (χ3v) is 9.41. The van der Waals surface area contributed by atoms with E-state index in [0.717, 1.165) is 9.57 Å². The Bertz CT molecular complexity index is 1150. The molecule has 0 aliphatic heterocycles. The molecule has 0 aromatic heterocycles. The first-order valence-corrected chi connectivity index (χ1v) is 18.0.